The third-order valence-corrected chi connectivity index (χ3v) is 10.1. The number of aliphatic hydroxyl groups excluding tert-OH is 1. The van der Waals surface area contributed by atoms with Crippen LogP contribution in [-0.2, 0) is 16.6 Å². The lowest BCUT2D eigenvalue weighted by Crippen LogP contribution is -2.67. The Morgan fingerprint density at radius 3 is 2.73 bits per heavy atom. The number of fused-ring (bicyclic) bond motifs is 4. The van der Waals surface area contributed by atoms with Gasteiger partial charge in [0.05, 0.1) is 23.5 Å². The van der Waals surface area contributed by atoms with Crippen molar-refractivity contribution in [2.75, 3.05) is 19.6 Å². The molecule has 4 heterocycles. The van der Waals surface area contributed by atoms with Crippen molar-refractivity contribution in [3.05, 3.63) is 84.6 Å². The lowest BCUT2D eigenvalue weighted by Gasteiger charge is -2.58. The Labute approximate surface area is 220 Å². The maximum Gasteiger partial charge on any atom is 0.240 e. The lowest BCUT2D eigenvalue weighted by molar-refractivity contribution is -0.984. The molecule has 0 saturated carbocycles. The van der Waals surface area contributed by atoms with E-state index in [1.165, 1.54) is 0 Å². The molecule has 3 fully saturated rings. The smallest absolute Gasteiger partial charge is 0.240 e. The molecule has 5 atom stereocenters. The summed E-state index contributed by atoms with van der Waals surface area (Å²) in [5.41, 5.74) is 2.93. The fraction of sp³-hybridized carbons (Fsp3) is 0.433. The van der Waals surface area contributed by atoms with Gasteiger partial charge in [0.25, 0.3) is 0 Å². The van der Waals surface area contributed by atoms with Gasteiger partial charge in [-0.1, -0.05) is 49.8 Å². The van der Waals surface area contributed by atoms with Crippen LogP contribution in [0.4, 0.5) is 0 Å². The number of unbranched alkanes of at least 4 members (excludes halogenated alkanes) is 1. The van der Waals surface area contributed by atoms with Gasteiger partial charge in [-0.15, -0.1) is 6.58 Å². The second-order valence-corrected chi connectivity index (χ2v) is 12.6. The zero-order valence-corrected chi connectivity index (χ0v) is 22.4. The summed E-state index contributed by atoms with van der Waals surface area (Å²) in [4.78, 5) is 4.80. The fourth-order valence-electron chi connectivity index (χ4n) is 6.57. The van der Waals surface area contributed by atoms with Gasteiger partial charge in [-0.3, -0.25) is 4.98 Å². The van der Waals surface area contributed by atoms with Crippen molar-refractivity contribution in [2.45, 2.75) is 56.2 Å². The molecule has 1 aromatic heterocycles. The number of pyridine rings is 1. The van der Waals surface area contributed by atoms with E-state index in [4.69, 9.17) is 0 Å². The molecule has 0 radical (unpaired) electrons. The van der Waals surface area contributed by atoms with Gasteiger partial charge in [-0.05, 0) is 42.2 Å². The van der Waals surface area contributed by atoms with Gasteiger partial charge in [0, 0.05) is 42.5 Å². The number of piperidine rings is 3. The van der Waals surface area contributed by atoms with Crippen LogP contribution in [0.25, 0.3) is 10.9 Å². The van der Waals surface area contributed by atoms with Crippen molar-refractivity contribution in [1.82, 2.24) is 9.71 Å². The topological polar surface area (TPSA) is 79.3 Å². The summed E-state index contributed by atoms with van der Waals surface area (Å²) in [7, 11) is -3.50. The molecule has 6 nitrogen and oxygen atoms in total. The monoisotopic (exact) mass is 520 g/mol. The minimum Gasteiger partial charge on any atom is -0.382 e. The van der Waals surface area contributed by atoms with Crippen LogP contribution in [0.5, 0.6) is 0 Å². The Morgan fingerprint density at radius 1 is 1.19 bits per heavy atom. The molecule has 0 aliphatic carbocycles. The zero-order valence-electron chi connectivity index (χ0n) is 21.6. The number of benzene rings is 2. The average molecular weight is 521 g/mol. The van der Waals surface area contributed by atoms with E-state index in [0.717, 1.165) is 71.8 Å². The van der Waals surface area contributed by atoms with E-state index in [2.05, 4.69) is 22.4 Å². The lowest BCUT2D eigenvalue weighted by atomic mass is 9.71. The van der Waals surface area contributed by atoms with Crippen molar-refractivity contribution in [3.8, 4) is 0 Å². The number of hydrogen-bond acceptors (Lipinski definition) is 4. The van der Waals surface area contributed by atoms with Gasteiger partial charge in [0.15, 0.2) is 0 Å². The number of quaternary nitrogens is 1. The Hall–Kier alpha value is -2.58. The minimum atomic E-state index is -3.50. The third-order valence-electron chi connectivity index (χ3n) is 8.60. The summed E-state index contributed by atoms with van der Waals surface area (Å²) in [5.74, 6) is 0.959. The van der Waals surface area contributed by atoms with Crippen molar-refractivity contribution >= 4 is 20.9 Å². The van der Waals surface area contributed by atoms with E-state index in [0.29, 0.717) is 23.3 Å². The van der Waals surface area contributed by atoms with Gasteiger partial charge >= 0.3 is 0 Å². The van der Waals surface area contributed by atoms with E-state index < -0.39 is 16.1 Å². The molecule has 37 heavy (non-hydrogen) atoms. The summed E-state index contributed by atoms with van der Waals surface area (Å²) in [5, 5.41) is 12.9. The molecule has 196 valence electrons. The highest BCUT2D eigenvalue weighted by Gasteiger charge is 2.54. The molecule has 3 saturated heterocycles. The molecule has 3 aromatic rings. The van der Waals surface area contributed by atoms with Crippen LogP contribution in [0.3, 0.4) is 0 Å². The van der Waals surface area contributed by atoms with Gasteiger partial charge < -0.3 is 9.59 Å². The molecule has 6 rings (SSSR count). The number of aliphatic hydroxyl groups is 1. The summed E-state index contributed by atoms with van der Waals surface area (Å²) in [6.07, 6.45) is 7.10. The number of sulfonamides is 1. The van der Waals surface area contributed by atoms with Gasteiger partial charge in [0.1, 0.15) is 18.7 Å². The predicted octanol–water partition coefficient (Wildman–Crippen LogP) is 4.96. The van der Waals surface area contributed by atoms with Crippen LogP contribution in [0.1, 0.15) is 49.8 Å². The quantitative estimate of drug-likeness (QED) is 0.225. The highest BCUT2D eigenvalue weighted by molar-refractivity contribution is 7.89. The first-order valence-electron chi connectivity index (χ1n) is 13.5. The van der Waals surface area contributed by atoms with Crippen LogP contribution in [-0.4, -0.2) is 48.7 Å². The molecule has 7 heteroatoms. The molecular formula is C30H38N3O3S+. The summed E-state index contributed by atoms with van der Waals surface area (Å²) in [6, 6.07) is 17.3. The number of nitrogens with one attached hydrogen (secondary N) is 1. The van der Waals surface area contributed by atoms with Crippen LogP contribution in [0.2, 0.25) is 0 Å². The minimum absolute atomic E-state index is 0.0554. The van der Waals surface area contributed by atoms with Gasteiger partial charge in [-0.25, -0.2) is 13.1 Å². The molecule has 3 aliphatic heterocycles. The standard InChI is InChI=1S/C30H38N3O3S/c1-3-5-16-32-37(35,36)25-12-10-22(11-13-25)20-33-18-15-24(23(4-2)21-33)19-29(33)30(34)27-14-17-31-28-9-7-6-8-26(27)28/h4,6-14,17,23-24,29-30,32,34H,2-3,5,15-16,18-21H2,1H3/q+1/t23?,24?,29-,30+,33?/m0/s1. The Kier molecular flexibility index (Phi) is 7.50. The average Bonchev–Trinajstić information content (AvgIpc) is 2.92. The predicted molar refractivity (Wildman–Crippen MR) is 147 cm³/mol. The first-order chi connectivity index (χ1) is 17.9. The van der Waals surface area contributed by atoms with E-state index >= 15 is 0 Å². The largest absolute Gasteiger partial charge is 0.382 e. The van der Waals surface area contributed by atoms with Crippen molar-refractivity contribution in [2.24, 2.45) is 11.8 Å². The van der Waals surface area contributed by atoms with Crippen LogP contribution in [0.15, 0.2) is 78.3 Å². The van der Waals surface area contributed by atoms with Crippen molar-refractivity contribution < 1.29 is 18.0 Å². The Balaban J connectivity index is 1.44. The number of nitrogens with zero attached hydrogens (tertiary/aromatic N) is 2. The van der Waals surface area contributed by atoms with Crippen molar-refractivity contribution in [3.63, 3.8) is 0 Å². The third kappa shape index (κ3) is 5.10. The maximum absolute atomic E-state index is 12.7. The summed E-state index contributed by atoms with van der Waals surface area (Å²) >= 11 is 0. The maximum atomic E-state index is 12.7. The highest BCUT2D eigenvalue weighted by atomic mass is 32.2. The van der Waals surface area contributed by atoms with Crippen LogP contribution < -0.4 is 4.72 Å². The Bertz CT molecular complexity index is 1350. The first kappa shape index (κ1) is 26.0. The van der Waals surface area contributed by atoms with E-state index in [-0.39, 0.29) is 6.04 Å². The number of aromatic nitrogens is 1. The fourth-order valence-corrected chi connectivity index (χ4v) is 7.64. The molecule has 3 aliphatic rings. The molecule has 2 aromatic carbocycles. The van der Waals surface area contributed by atoms with Gasteiger partial charge in [0.2, 0.25) is 10.0 Å². The number of hydrogen-bond donors (Lipinski definition) is 2. The zero-order chi connectivity index (χ0) is 26.0. The normalized spacial score (nSPS) is 26.3. The molecule has 0 amide bonds. The molecule has 2 N–H and O–H groups in total. The summed E-state index contributed by atoms with van der Waals surface area (Å²) in [6.45, 7) is 9.31. The second-order valence-electron chi connectivity index (χ2n) is 10.8. The second kappa shape index (κ2) is 10.7. The summed E-state index contributed by atoms with van der Waals surface area (Å²) < 4.78 is 28.8. The molecule has 2 bridgehead atoms. The van der Waals surface area contributed by atoms with E-state index in [1.54, 1.807) is 18.3 Å². The SMILES string of the molecule is C=CC1C[N+]2(Cc3ccc(S(=O)(=O)NCCCC)cc3)CCC1C[C@H]2[C@H](O)c1ccnc2ccccc12. The van der Waals surface area contributed by atoms with Crippen LogP contribution >= 0.6 is 0 Å². The first-order valence-corrected chi connectivity index (χ1v) is 14.9. The van der Waals surface area contributed by atoms with Crippen molar-refractivity contribution in [1.29, 1.82) is 0 Å². The Morgan fingerprint density at radius 2 is 1.97 bits per heavy atom. The highest BCUT2D eigenvalue weighted by Crippen LogP contribution is 2.48. The van der Waals surface area contributed by atoms with E-state index in [1.807, 2.05) is 49.4 Å². The molecule has 0 spiro atoms. The number of para-hydroxylation sites is 1. The van der Waals surface area contributed by atoms with Gasteiger partial charge in [-0.2, -0.15) is 0 Å². The molecular weight excluding hydrogens is 482 g/mol. The molecule has 3 unspecified atom stereocenters. The van der Waals surface area contributed by atoms with Crippen LogP contribution in [0, 0.1) is 11.8 Å². The number of rotatable bonds is 10. The van der Waals surface area contributed by atoms with E-state index in [9.17, 15) is 13.5 Å².